The molecule has 0 aromatic rings. The minimum Gasteiger partial charge on any atom is -0.389 e. The van der Waals surface area contributed by atoms with Gasteiger partial charge in [-0.05, 0) is 86.5 Å². The Kier molecular flexibility index (Phi) is 33.4. The van der Waals surface area contributed by atoms with Gasteiger partial charge in [0.1, 0.15) is 0 Å². The van der Waals surface area contributed by atoms with Crippen molar-refractivity contribution in [3.8, 4) is 0 Å². The number of nitrogens with one attached hydrogen (secondary N) is 7. The Hall–Kier alpha value is -2.34. The third-order valence-electron chi connectivity index (χ3n) is 8.55. The molecule has 19 nitrogen and oxygen atoms in total. The molecule has 0 bridgehead atoms. The summed E-state index contributed by atoms with van der Waals surface area (Å²) >= 11 is 0. The smallest absolute Gasteiger partial charge is 0.389 e. The third-order valence-corrected chi connectivity index (χ3v) is 11.4. The van der Waals surface area contributed by atoms with Crippen LogP contribution in [-0.2, 0) is 37.2 Å². The van der Waals surface area contributed by atoms with E-state index in [4.69, 9.17) is 18.0 Å². The molecule has 324 valence electrons. The number of ether oxygens (including phenoxy) is 1. The van der Waals surface area contributed by atoms with Gasteiger partial charge in [0, 0.05) is 79.8 Å². The summed E-state index contributed by atoms with van der Waals surface area (Å²) in [5, 5.41) is 31.2. The van der Waals surface area contributed by atoms with Gasteiger partial charge in [0.15, 0.2) is 0 Å². The second-order valence-corrected chi connectivity index (χ2v) is 16.5. The standard InChI is InChI=1S/C35H76N10O9Si/c1-36-13-8-16-39-32(47)26-44(27-33(48)40-17-9-14-37-2)21-22-45(28-34(49)41-18-10-15-38-3)29-35(50)42-19-11-20-43(4)25-31(46)30-54-23-12-24-55(51-5,52-6)53-7/h31,36-38,46H,8-30H2,1-7H3,(H,39,47)(H,40,48)(H,41,49)(H,42,50). The number of aliphatic hydroxyl groups is 1. The van der Waals surface area contributed by atoms with Crippen molar-refractivity contribution in [2.75, 3.05) is 161 Å². The highest BCUT2D eigenvalue weighted by atomic mass is 28.4. The average molecular weight is 809 g/mol. The highest BCUT2D eigenvalue weighted by molar-refractivity contribution is 6.60. The minimum atomic E-state index is -2.64. The van der Waals surface area contributed by atoms with Gasteiger partial charge in [0.05, 0.1) is 38.9 Å². The highest BCUT2D eigenvalue weighted by Crippen LogP contribution is 2.14. The summed E-state index contributed by atoms with van der Waals surface area (Å²) in [4.78, 5) is 56.9. The number of likely N-dealkylation sites (N-methyl/N-ethyl adjacent to an activating group) is 1. The molecular formula is C35H76N10O9Si. The van der Waals surface area contributed by atoms with Gasteiger partial charge in [-0.1, -0.05) is 0 Å². The molecule has 55 heavy (non-hydrogen) atoms. The van der Waals surface area contributed by atoms with E-state index < -0.39 is 14.9 Å². The third kappa shape index (κ3) is 29.5. The molecule has 0 aliphatic heterocycles. The first-order chi connectivity index (χ1) is 26.5. The van der Waals surface area contributed by atoms with E-state index in [2.05, 4.69) is 37.2 Å². The van der Waals surface area contributed by atoms with Crippen molar-refractivity contribution in [3.05, 3.63) is 0 Å². The van der Waals surface area contributed by atoms with Gasteiger partial charge in [-0.2, -0.15) is 0 Å². The van der Waals surface area contributed by atoms with Crippen LogP contribution in [0.3, 0.4) is 0 Å². The monoisotopic (exact) mass is 809 g/mol. The molecule has 8 N–H and O–H groups in total. The Balaban J connectivity index is 5.07. The van der Waals surface area contributed by atoms with Gasteiger partial charge in [-0.3, -0.25) is 29.0 Å². The topological polar surface area (TPSA) is 219 Å². The van der Waals surface area contributed by atoms with Crippen LogP contribution in [-0.4, -0.2) is 219 Å². The predicted octanol–water partition coefficient (Wildman–Crippen LogP) is -3.15. The molecule has 20 heteroatoms. The van der Waals surface area contributed by atoms with Gasteiger partial charge in [-0.15, -0.1) is 0 Å². The van der Waals surface area contributed by atoms with Gasteiger partial charge in [-0.25, -0.2) is 0 Å². The number of carbonyl (C=O) groups excluding carboxylic acids is 4. The summed E-state index contributed by atoms with van der Waals surface area (Å²) in [6, 6.07) is 0.616. The Morgan fingerprint density at radius 1 is 0.582 bits per heavy atom. The second kappa shape index (κ2) is 34.9. The molecule has 4 amide bonds. The maximum Gasteiger partial charge on any atom is 0.500 e. The maximum absolute atomic E-state index is 13.1. The van der Waals surface area contributed by atoms with Gasteiger partial charge < -0.3 is 65.2 Å². The van der Waals surface area contributed by atoms with Crippen LogP contribution < -0.4 is 37.2 Å². The normalized spacial score (nSPS) is 12.3. The lowest BCUT2D eigenvalue weighted by Gasteiger charge is -2.27. The molecule has 0 saturated heterocycles. The number of hydrogen-bond acceptors (Lipinski definition) is 15. The molecule has 0 aromatic heterocycles. The van der Waals surface area contributed by atoms with E-state index in [0.717, 1.165) is 38.9 Å². The van der Waals surface area contributed by atoms with Crippen molar-refractivity contribution in [1.29, 1.82) is 0 Å². The molecular weight excluding hydrogens is 733 g/mol. The SMILES string of the molecule is CNCCCNC(=O)CN(CCN(CC(=O)NCCCNC)CC(=O)NCCCN(C)CC(O)COCCC[Si](OC)(OC)OC)CC(=O)NCCCNC. The molecule has 0 radical (unpaired) electrons. The van der Waals surface area contributed by atoms with Crippen molar-refractivity contribution in [1.82, 2.24) is 51.9 Å². The van der Waals surface area contributed by atoms with Crippen molar-refractivity contribution in [2.24, 2.45) is 0 Å². The number of rotatable bonds is 38. The second-order valence-electron chi connectivity index (χ2n) is 13.4. The highest BCUT2D eigenvalue weighted by Gasteiger charge is 2.36. The average Bonchev–Trinajstić information content (AvgIpc) is 3.16. The van der Waals surface area contributed by atoms with Crippen LogP contribution in [0.5, 0.6) is 0 Å². The van der Waals surface area contributed by atoms with Crippen LogP contribution in [0.4, 0.5) is 0 Å². The number of aliphatic hydroxyl groups excluding tert-OH is 1. The first kappa shape index (κ1) is 52.7. The first-order valence-corrected chi connectivity index (χ1v) is 21.5. The largest absolute Gasteiger partial charge is 0.500 e. The Bertz CT molecular complexity index is 970. The summed E-state index contributed by atoms with van der Waals surface area (Å²) in [6.07, 6.45) is 2.99. The fraction of sp³-hybridized carbons (Fsp3) is 0.886. The maximum atomic E-state index is 13.1. The zero-order chi connectivity index (χ0) is 41.2. The molecule has 0 aliphatic carbocycles. The van der Waals surface area contributed by atoms with Crippen molar-refractivity contribution in [3.63, 3.8) is 0 Å². The zero-order valence-electron chi connectivity index (χ0n) is 34.9. The number of carbonyl (C=O) groups is 4. The lowest BCUT2D eigenvalue weighted by Crippen LogP contribution is -2.49. The van der Waals surface area contributed by atoms with Gasteiger partial charge in [0.25, 0.3) is 0 Å². The molecule has 0 saturated carbocycles. The Morgan fingerprint density at radius 3 is 1.33 bits per heavy atom. The first-order valence-electron chi connectivity index (χ1n) is 19.5. The lowest BCUT2D eigenvalue weighted by atomic mass is 10.3. The molecule has 0 aliphatic rings. The molecule has 0 rings (SSSR count). The van der Waals surface area contributed by atoms with Crippen molar-refractivity contribution < 1.29 is 42.3 Å². The summed E-state index contributed by atoms with van der Waals surface area (Å²) < 4.78 is 21.9. The van der Waals surface area contributed by atoms with E-state index in [1.165, 1.54) is 0 Å². The van der Waals surface area contributed by atoms with E-state index in [0.29, 0.717) is 71.3 Å². The number of amides is 4. The van der Waals surface area contributed by atoms with E-state index in [1.807, 2.05) is 33.1 Å². The molecule has 0 heterocycles. The summed E-state index contributed by atoms with van der Waals surface area (Å²) in [5.41, 5.74) is 0. The van der Waals surface area contributed by atoms with Crippen molar-refractivity contribution in [2.45, 2.75) is 44.3 Å². The summed E-state index contributed by atoms with van der Waals surface area (Å²) in [6.45, 7) is 6.49. The van der Waals surface area contributed by atoms with Crippen LogP contribution >= 0.6 is 0 Å². The van der Waals surface area contributed by atoms with Gasteiger partial charge in [0.2, 0.25) is 23.6 Å². The van der Waals surface area contributed by atoms with Crippen LogP contribution in [0.2, 0.25) is 6.04 Å². The van der Waals surface area contributed by atoms with Crippen molar-refractivity contribution >= 4 is 32.4 Å². The fourth-order valence-corrected chi connectivity index (χ4v) is 7.16. The molecule has 1 atom stereocenters. The summed E-state index contributed by atoms with van der Waals surface area (Å²) in [7, 11) is 9.52. The van der Waals surface area contributed by atoms with E-state index in [1.54, 1.807) is 31.1 Å². The van der Waals surface area contributed by atoms with E-state index >= 15 is 0 Å². The summed E-state index contributed by atoms with van der Waals surface area (Å²) in [5.74, 6) is -0.844. The number of hydrogen-bond donors (Lipinski definition) is 8. The molecule has 0 spiro atoms. The van der Waals surface area contributed by atoms with Gasteiger partial charge >= 0.3 is 8.80 Å². The lowest BCUT2D eigenvalue weighted by molar-refractivity contribution is -0.128. The minimum absolute atomic E-state index is 0.00721. The number of nitrogens with zero attached hydrogens (tertiary/aromatic N) is 3. The molecule has 0 fully saturated rings. The van der Waals surface area contributed by atoms with Crippen LogP contribution in [0.25, 0.3) is 0 Å². The van der Waals surface area contributed by atoms with Crippen LogP contribution in [0, 0.1) is 0 Å². The fourth-order valence-electron chi connectivity index (χ4n) is 5.47. The predicted molar refractivity (Wildman–Crippen MR) is 216 cm³/mol. The molecule has 0 aromatic carbocycles. The quantitative estimate of drug-likeness (QED) is 0.0228. The zero-order valence-corrected chi connectivity index (χ0v) is 35.9. The Labute approximate surface area is 331 Å². The van der Waals surface area contributed by atoms with E-state index in [-0.39, 0.29) is 63.0 Å². The Morgan fingerprint density at radius 2 is 0.964 bits per heavy atom. The van der Waals surface area contributed by atoms with E-state index in [9.17, 15) is 24.3 Å². The van der Waals surface area contributed by atoms with Crippen LogP contribution in [0.1, 0.15) is 32.1 Å². The van der Waals surface area contributed by atoms with Crippen LogP contribution in [0.15, 0.2) is 0 Å². The molecule has 1 unspecified atom stereocenters.